The number of methoxy groups -OCH3 is 1. The second-order valence-corrected chi connectivity index (χ2v) is 8.10. The van der Waals surface area contributed by atoms with E-state index in [1.807, 2.05) is 0 Å². The molecule has 2 heterocycles. The highest BCUT2D eigenvalue weighted by molar-refractivity contribution is 5.76. The SMILES string of the molecule is COc1c([C@H]2[C@H](c3nc(C)c(CC(N)=O)c(=O)[nH]3)O[C@@](C)(C(F)(F)F)[C@H]2C)ccc(F)c1F. The van der Waals surface area contributed by atoms with E-state index in [-0.39, 0.29) is 22.6 Å². The predicted octanol–water partition coefficient (Wildman–Crippen LogP) is 3.21. The number of benzene rings is 1. The monoisotopic (exact) mass is 475 g/mol. The van der Waals surface area contributed by atoms with Crippen molar-refractivity contribution in [2.75, 3.05) is 7.11 Å². The van der Waals surface area contributed by atoms with Crippen molar-refractivity contribution < 1.29 is 36.2 Å². The van der Waals surface area contributed by atoms with Gasteiger partial charge in [0.2, 0.25) is 11.7 Å². The quantitative estimate of drug-likeness (QED) is 0.646. The molecule has 1 aromatic carbocycles. The van der Waals surface area contributed by atoms with Crippen molar-refractivity contribution in [1.82, 2.24) is 9.97 Å². The van der Waals surface area contributed by atoms with E-state index in [1.165, 1.54) is 13.8 Å². The molecular weight excluding hydrogens is 453 g/mol. The summed E-state index contributed by atoms with van der Waals surface area (Å²) in [4.78, 5) is 30.3. The first-order chi connectivity index (χ1) is 15.2. The van der Waals surface area contributed by atoms with Crippen LogP contribution in [-0.4, -0.2) is 34.8 Å². The zero-order valence-corrected chi connectivity index (χ0v) is 18.1. The number of nitrogens with zero attached hydrogens (tertiary/aromatic N) is 1. The van der Waals surface area contributed by atoms with Crippen LogP contribution in [0, 0.1) is 24.5 Å². The third-order valence-electron chi connectivity index (χ3n) is 6.17. The van der Waals surface area contributed by atoms with E-state index in [0.29, 0.717) is 0 Å². The number of ether oxygens (including phenoxy) is 2. The first-order valence-electron chi connectivity index (χ1n) is 9.87. The van der Waals surface area contributed by atoms with E-state index < -0.39 is 65.0 Å². The molecule has 1 amide bonds. The van der Waals surface area contributed by atoms with Crippen LogP contribution in [0.25, 0.3) is 0 Å². The van der Waals surface area contributed by atoms with Crippen LogP contribution >= 0.6 is 0 Å². The average Bonchev–Trinajstić information content (AvgIpc) is 2.98. The Balaban J connectivity index is 2.24. The number of nitrogens with two attached hydrogens (primary N) is 1. The summed E-state index contributed by atoms with van der Waals surface area (Å²) in [6, 6.07) is 1.89. The lowest BCUT2D eigenvalue weighted by atomic mass is 9.77. The molecular formula is C21H22F5N3O4. The summed E-state index contributed by atoms with van der Waals surface area (Å²) in [5.41, 5.74) is 1.59. The molecule has 0 aliphatic carbocycles. The van der Waals surface area contributed by atoms with E-state index in [2.05, 4.69) is 9.97 Å². The first-order valence-corrected chi connectivity index (χ1v) is 9.87. The average molecular weight is 475 g/mol. The second-order valence-electron chi connectivity index (χ2n) is 8.10. The smallest absolute Gasteiger partial charge is 0.417 e. The molecule has 0 spiro atoms. The number of halogens is 5. The van der Waals surface area contributed by atoms with Crippen LogP contribution in [0.4, 0.5) is 22.0 Å². The molecule has 0 radical (unpaired) electrons. The summed E-state index contributed by atoms with van der Waals surface area (Å²) in [7, 11) is 1.06. The Morgan fingerprint density at radius 1 is 1.33 bits per heavy atom. The van der Waals surface area contributed by atoms with Crippen molar-refractivity contribution in [3.05, 3.63) is 56.8 Å². The standard InChI is InChI=1S/C21H22F5N3O4/c1-8-14(10-5-6-12(22)15(23)16(10)32-4)17(33-20(8,3)21(24,25)26)18-28-9(2)11(7-13(27)30)19(31)29-18/h5-6,8,14,17H,7H2,1-4H3,(H2,27,30)(H,28,29,31)/t8-,14-,17+,20+/m0/s1. The maximum atomic E-state index is 14.4. The number of amides is 1. The molecule has 12 heteroatoms. The Hall–Kier alpha value is -3.02. The highest BCUT2D eigenvalue weighted by Gasteiger charge is 2.65. The van der Waals surface area contributed by atoms with Crippen LogP contribution < -0.4 is 16.0 Å². The lowest BCUT2D eigenvalue weighted by Gasteiger charge is -2.32. The van der Waals surface area contributed by atoms with Gasteiger partial charge in [0.15, 0.2) is 17.2 Å². The van der Waals surface area contributed by atoms with Crippen molar-refractivity contribution >= 4 is 5.91 Å². The van der Waals surface area contributed by atoms with Crippen molar-refractivity contribution in [2.45, 2.75) is 51.0 Å². The van der Waals surface area contributed by atoms with Crippen molar-refractivity contribution in [2.24, 2.45) is 11.7 Å². The number of H-pyrrole nitrogens is 1. The maximum absolute atomic E-state index is 14.4. The van der Waals surface area contributed by atoms with Gasteiger partial charge >= 0.3 is 6.18 Å². The minimum absolute atomic E-state index is 0.0437. The minimum Gasteiger partial charge on any atom is -0.493 e. The number of carbonyl (C=O) groups is 1. The third-order valence-corrected chi connectivity index (χ3v) is 6.17. The summed E-state index contributed by atoms with van der Waals surface area (Å²) in [5.74, 6) is -6.79. The van der Waals surface area contributed by atoms with E-state index in [1.54, 1.807) is 0 Å². The number of alkyl halides is 3. The number of hydrogen-bond donors (Lipinski definition) is 2. The topological polar surface area (TPSA) is 107 Å². The van der Waals surface area contributed by atoms with Gasteiger partial charge in [-0.15, -0.1) is 0 Å². The Bertz CT molecular complexity index is 1150. The molecule has 0 saturated carbocycles. The van der Waals surface area contributed by atoms with Crippen molar-refractivity contribution in [3.63, 3.8) is 0 Å². The van der Waals surface area contributed by atoms with Crippen molar-refractivity contribution in [3.8, 4) is 5.75 Å². The molecule has 1 fully saturated rings. The molecule has 1 aliphatic heterocycles. The number of aromatic amines is 1. The van der Waals surface area contributed by atoms with E-state index >= 15 is 0 Å². The number of nitrogens with one attached hydrogen (secondary N) is 1. The summed E-state index contributed by atoms with van der Waals surface area (Å²) >= 11 is 0. The fourth-order valence-electron chi connectivity index (χ4n) is 4.20. The molecule has 180 valence electrons. The van der Waals surface area contributed by atoms with Gasteiger partial charge in [0.05, 0.1) is 13.5 Å². The fraction of sp³-hybridized carbons (Fsp3) is 0.476. The Labute approximate surface area is 185 Å². The molecule has 3 rings (SSSR count). The molecule has 0 unspecified atom stereocenters. The second kappa shape index (κ2) is 8.40. The van der Waals surface area contributed by atoms with Crippen LogP contribution in [0.5, 0.6) is 5.75 Å². The summed E-state index contributed by atoms with van der Waals surface area (Å²) in [5, 5.41) is 0. The predicted molar refractivity (Wildman–Crippen MR) is 106 cm³/mol. The van der Waals surface area contributed by atoms with Crippen LogP contribution in [0.1, 0.15) is 48.5 Å². The molecule has 1 saturated heterocycles. The van der Waals surface area contributed by atoms with E-state index in [9.17, 15) is 31.5 Å². The van der Waals surface area contributed by atoms with Gasteiger partial charge in [-0.2, -0.15) is 17.6 Å². The number of rotatable bonds is 5. The number of carbonyl (C=O) groups excluding carboxylic acids is 1. The number of aryl methyl sites for hydroxylation is 1. The first kappa shape index (κ1) is 24.6. The lowest BCUT2D eigenvalue weighted by Crippen LogP contribution is -2.46. The molecule has 0 bridgehead atoms. The number of primary amides is 1. The minimum atomic E-state index is -4.84. The van der Waals surface area contributed by atoms with Gasteiger partial charge in [0.1, 0.15) is 11.9 Å². The Morgan fingerprint density at radius 2 is 1.97 bits per heavy atom. The molecule has 4 atom stereocenters. The summed E-state index contributed by atoms with van der Waals surface area (Å²) in [6.07, 6.45) is -6.76. The van der Waals surface area contributed by atoms with Gasteiger partial charge in [0, 0.05) is 28.7 Å². The van der Waals surface area contributed by atoms with Gasteiger partial charge < -0.3 is 20.2 Å². The normalized spacial score (nSPS) is 25.3. The van der Waals surface area contributed by atoms with Crippen LogP contribution in [0.2, 0.25) is 0 Å². The third kappa shape index (κ3) is 4.07. The molecule has 2 aromatic rings. The van der Waals surface area contributed by atoms with Crippen molar-refractivity contribution in [1.29, 1.82) is 0 Å². The largest absolute Gasteiger partial charge is 0.493 e. The van der Waals surface area contributed by atoms with Gasteiger partial charge in [-0.05, 0) is 19.9 Å². The van der Waals surface area contributed by atoms with Gasteiger partial charge in [-0.3, -0.25) is 9.59 Å². The van der Waals surface area contributed by atoms with Crippen LogP contribution in [-0.2, 0) is 16.0 Å². The van der Waals surface area contributed by atoms with E-state index in [0.717, 1.165) is 26.2 Å². The van der Waals surface area contributed by atoms with Crippen LogP contribution in [0.3, 0.4) is 0 Å². The molecule has 33 heavy (non-hydrogen) atoms. The number of aromatic nitrogens is 2. The molecule has 1 aliphatic rings. The summed E-state index contributed by atoms with van der Waals surface area (Å²) in [6.45, 7) is 3.49. The maximum Gasteiger partial charge on any atom is 0.417 e. The Kier molecular flexibility index (Phi) is 6.26. The fourth-order valence-corrected chi connectivity index (χ4v) is 4.20. The lowest BCUT2D eigenvalue weighted by molar-refractivity contribution is -0.275. The zero-order valence-electron chi connectivity index (χ0n) is 18.1. The molecule has 3 N–H and O–H groups in total. The van der Waals surface area contributed by atoms with Gasteiger partial charge in [0.25, 0.3) is 5.56 Å². The van der Waals surface area contributed by atoms with Gasteiger partial charge in [-0.1, -0.05) is 13.0 Å². The zero-order chi connectivity index (χ0) is 24.9. The van der Waals surface area contributed by atoms with Gasteiger partial charge in [-0.25, -0.2) is 9.37 Å². The highest BCUT2D eigenvalue weighted by Crippen LogP contribution is 2.59. The number of hydrogen-bond acceptors (Lipinski definition) is 5. The van der Waals surface area contributed by atoms with Crippen LogP contribution in [0.15, 0.2) is 16.9 Å². The molecule has 7 nitrogen and oxygen atoms in total. The summed E-state index contributed by atoms with van der Waals surface area (Å²) < 4.78 is 80.7. The Morgan fingerprint density at radius 3 is 2.48 bits per heavy atom. The highest BCUT2D eigenvalue weighted by atomic mass is 19.4. The van der Waals surface area contributed by atoms with E-state index in [4.69, 9.17) is 15.2 Å². The molecule has 1 aromatic heterocycles.